The van der Waals surface area contributed by atoms with Gasteiger partial charge < -0.3 is 30.2 Å². The predicted molar refractivity (Wildman–Crippen MR) is 273 cm³/mol. The van der Waals surface area contributed by atoms with Crippen molar-refractivity contribution in [3.05, 3.63) is 139 Å². The molecule has 2 saturated heterocycles. The number of likely N-dealkylation sites (tertiary alicyclic amines) is 2. The summed E-state index contributed by atoms with van der Waals surface area (Å²) in [5, 5.41) is 44.2. The molecule has 2 heterocycles. The van der Waals surface area contributed by atoms with Crippen LogP contribution in [0.4, 0.5) is 0 Å². The third-order valence-corrected chi connectivity index (χ3v) is 15.8. The molecule has 4 N–H and O–H groups in total. The number of hydrogen-bond acceptors (Lipinski definition) is 6. The number of rotatable bonds is 16. The molecule has 4 fully saturated rings. The number of aliphatic hydroxyl groups excluding tert-OH is 2. The highest BCUT2D eigenvalue weighted by Gasteiger charge is 2.56. The van der Waals surface area contributed by atoms with Crippen molar-refractivity contribution in [1.29, 1.82) is 0 Å². The largest absolute Gasteiger partial charge is 0.481 e. The van der Waals surface area contributed by atoms with Crippen molar-refractivity contribution in [1.82, 2.24) is 9.80 Å². The number of halogens is 4. The van der Waals surface area contributed by atoms with Crippen molar-refractivity contribution in [2.45, 2.75) is 148 Å². The van der Waals surface area contributed by atoms with Crippen molar-refractivity contribution in [3.8, 4) is 0 Å². The number of amides is 2. The molecule has 2 saturated carbocycles. The van der Waals surface area contributed by atoms with Crippen LogP contribution in [0.5, 0.6) is 0 Å². The second-order valence-corrected chi connectivity index (χ2v) is 21.8. The van der Waals surface area contributed by atoms with Gasteiger partial charge >= 0.3 is 11.9 Å². The Hall–Kier alpha value is -4.16. The molecule has 0 radical (unpaired) electrons. The van der Waals surface area contributed by atoms with Crippen LogP contribution < -0.4 is 0 Å². The van der Waals surface area contributed by atoms with Gasteiger partial charge in [-0.05, 0) is 134 Å². The summed E-state index contributed by atoms with van der Waals surface area (Å²) < 4.78 is 0. The maximum Gasteiger partial charge on any atom is 0.304 e. The molecule has 4 aromatic rings. The van der Waals surface area contributed by atoms with E-state index in [-0.39, 0.29) is 67.8 Å². The summed E-state index contributed by atoms with van der Waals surface area (Å²) >= 11 is 25.1. The van der Waals surface area contributed by atoms with E-state index in [9.17, 15) is 39.6 Å². The van der Waals surface area contributed by atoms with Gasteiger partial charge in [0.2, 0.25) is 11.8 Å². The number of aliphatic hydroxyl groups is 2. The highest BCUT2D eigenvalue weighted by atomic mass is 35.5. The monoisotopic (exact) mass is 1020 g/mol. The fourth-order valence-corrected chi connectivity index (χ4v) is 11.8. The molecule has 2 amide bonds. The van der Waals surface area contributed by atoms with Crippen LogP contribution >= 0.6 is 46.4 Å². The molecule has 0 unspecified atom stereocenters. The number of benzene rings is 4. The van der Waals surface area contributed by atoms with E-state index >= 15 is 0 Å². The number of carbonyl (C=O) groups is 4. The van der Waals surface area contributed by atoms with Crippen molar-refractivity contribution in [2.24, 2.45) is 22.7 Å². The molecule has 8 rings (SSSR count). The minimum Gasteiger partial charge on any atom is -0.481 e. The molecule has 14 heteroatoms. The zero-order valence-electron chi connectivity index (χ0n) is 38.9. The average molecular weight is 1020 g/mol. The van der Waals surface area contributed by atoms with E-state index < -0.39 is 47.1 Å². The molecule has 69 heavy (non-hydrogen) atoms. The third kappa shape index (κ3) is 12.1. The number of aliphatic carboxylic acids is 2. The van der Waals surface area contributed by atoms with Crippen LogP contribution in [0.1, 0.15) is 146 Å². The molecule has 10 atom stereocenters. The summed E-state index contributed by atoms with van der Waals surface area (Å²) in [6.45, 7) is 7.42. The van der Waals surface area contributed by atoms with E-state index in [1.807, 2.05) is 74.5 Å². The molecule has 4 aromatic carbocycles. The number of carbonyl (C=O) groups excluding carboxylic acids is 2. The first kappa shape index (κ1) is 54.2. The second-order valence-electron chi connectivity index (χ2n) is 20.0. The zero-order chi connectivity index (χ0) is 49.2. The molecule has 0 aromatic heterocycles. The maximum atomic E-state index is 14.1. The Labute approximate surface area is 426 Å². The lowest BCUT2D eigenvalue weighted by Gasteiger charge is -2.52. The fourth-order valence-electron chi connectivity index (χ4n) is 11.2. The Morgan fingerprint density at radius 3 is 1.17 bits per heavy atom. The minimum absolute atomic E-state index is 0. The Balaban J connectivity index is 0.000000224. The Bertz CT molecular complexity index is 2280. The number of nitrogens with zero attached hydrogens (tertiary/aromatic N) is 2. The number of hydrogen-bond donors (Lipinski definition) is 4. The summed E-state index contributed by atoms with van der Waals surface area (Å²) in [6.07, 6.45) is 3.75. The lowest BCUT2D eigenvalue weighted by Crippen LogP contribution is -2.59. The molecule has 0 bridgehead atoms. The highest BCUT2D eigenvalue weighted by Crippen LogP contribution is 2.55. The Morgan fingerprint density at radius 2 is 0.899 bits per heavy atom. The van der Waals surface area contributed by atoms with E-state index in [1.54, 1.807) is 60.0 Å². The van der Waals surface area contributed by atoms with Gasteiger partial charge in [-0.25, -0.2) is 0 Å². The minimum atomic E-state index is -1.11. The predicted octanol–water partition coefficient (Wildman–Crippen LogP) is 12.8. The molecule has 4 aliphatic rings. The zero-order valence-corrected chi connectivity index (χ0v) is 41.9. The van der Waals surface area contributed by atoms with E-state index in [4.69, 9.17) is 46.4 Å². The van der Waals surface area contributed by atoms with Crippen molar-refractivity contribution >= 4 is 70.2 Å². The van der Waals surface area contributed by atoms with Gasteiger partial charge in [-0.3, -0.25) is 19.2 Å². The van der Waals surface area contributed by atoms with Gasteiger partial charge in [0.15, 0.2) is 0 Å². The maximum absolute atomic E-state index is 14.1. The van der Waals surface area contributed by atoms with Crippen LogP contribution in [-0.4, -0.2) is 78.3 Å². The number of carboxylic acids is 2. The van der Waals surface area contributed by atoms with Crippen LogP contribution in [0.2, 0.25) is 20.1 Å². The van der Waals surface area contributed by atoms with Gasteiger partial charge in [0.25, 0.3) is 0 Å². The lowest BCUT2D eigenvalue weighted by molar-refractivity contribution is -0.164. The van der Waals surface area contributed by atoms with Crippen LogP contribution in [0.3, 0.4) is 0 Å². The van der Waals surface area contributed by atoms with Crippen LogP contribution in [0, 0.1) is 22.7 Å². The number of piperidine rings is 2. The molecule has 10 nitrogen and oxygen atoms in total. The van der Waals surface area contributed by atoms with Gasteiger partial charge in [-0.2, -0.15) is 0 Å². The first-order valence-corrected chi connectivity index (χ1v) is 25.3. The summed E-state index contributed by atoms with van der Waals surface area (Å²) in [5.74, 6) is -2.55. The van der Waals surface area contributed by atoms with E-state index in [0.717, 1.165) is 47.9 Å². The van der Waals surface area contributed by atoms with E-state index in [2.05, 4.69) is 0 Å². The first-order chi connectivity index (χ1) is 32.3. The number of carboxylic acid groups (broad SMARTS) is 2. The van der Waals surface area contributed by atoms with Crippen LogP contribution in [-0.2, 0) is 19.2 Å². The Kier molecular flexibility index (Phi) is 17.7. The summed E-state index contributed by atoms with van der Waals surface area (Å²) in [4.78, 5) is 55.5. The molecular weight excluding hydrogens is 958 g/mol. The quantitative estimate of drug-likeness (QED) is 0.0864. The molecule has 2 aliphatic heterocycles. The topological polar surface area (TPSA) is 156 Å². The highest BCUT2D eigenvalue weighted by molar-refractivity contribution is 6.31. The van der Waals surface area contributed by atoms with Crippen molar-refractivity contribution in [2.75, 3.05) is 0 Å². The van der Waals surface area contributed by atoms with Gasteiger partial charge in [0, 0.05) is 31.9 Å². The molecular formula is C55H66Cl4N2O8. The van der Waals surface area contributed by atoms with E-state index in [0.29, 0.717) is 45.8 Å². The normalized spacial score (nSPS) is 26.5. The standard InChI is InChI=1S/2C27H31Cl2NO4.CH4/c2*1-3-22(25(33)17-7-8-17)30-24(16-9-11-19(28)12-10-16)21(18-5-4-6-20(29)13-18)14-27(2,26(30)34)15-23(31)32;/h2*4-6,9-13,17,21-22,24-25,33H,3,7-8,14-15H2,1-2H3,(H,31,32);1H4/t21-,22+,24-,25+,27-;21-,22+,24-,25-,27-;/m11./s1. The van der Waals surface area contributed by atoms with Gasteiger partial charge in [0.05, 0.1) is 60.0 Å². The third-order valence-electron chi connectivity index (χ3n) is 14.8. The fraction of sp³-hybridized carbons (Fsp3) is 0.491. The van der Waals surface area contributed by atoms with Gasteiger partial charge in [-0.15, -0.1) is 0 Å². The smallest absolute Gasteiger partial charge is 0.304 e. The molecule has 372 valence electrons. The lowest BCUT2D eigenvalue weighted by atomic mass is 9.66. The molecule has 0 spiro atoms. The van der Waals surface area contributed by atoms with E-state index in [1.165, 1.54) is 0 Å². The average Bonchev–Trinajstić information content (AvgIpc) is 4.23. The van der Waals surface area contributed by atoms with Crippen LogP contribution in [0.15, 0.2) is 97.1 Å². The van der Waals surface area contributed by atoms with Gasteiger partial charge in [0.1, 0.15) is 0 Å². The summed E-state index contributed by atoms with van der Waals surface area (Å²) in [7, 11) is 0. The second kappa shape index (κ2) is 22.5. The summed E-state index contributed by atoms with van der Waals surface area (Å²) in [5.41, 5.74) is 1.47. The van der Waals surface area contributed by atoms with Gasteiger partial charge in [-0.1, -0.05) is 130 Å². The van der Waals surface area contributed by atoms with Crippen molar-refractivity contribution < 1.29 is 39.6 Å². The van der Waals surface area contributed by atoms with Crippen molar-refractivity contribution in [3.63, 3.8) is 0 Å². The van der Waals surface area contributed by atoms with Crippen LogP contribution in [0.25, 0.3) is 0 Å². The first-order valence-electron chi connectivity index (χ1n) is 23.8. The molecule has 2 aliphatic carbocycles. The SMILES string of the molecule is C.CC[C@@H]([C@@H](O)C1CC1)N1C(=O)[C@@](C)(CC(=O)O)C[C@H](c2cccc(Cl)c2)[C@H]1c1ccc(Cl)cc1.CC[C@@H]([C@H](O)C1CC1)N1C(=O)[C@@](C)(CC(=O)O)C[C@H](c2cccc(Cl)c2)[C@H]1c1ccc(Cl)cc1. The Morgan fingerprint density at radius 1 is 0.565 bits per heavy atom. The summed E-state index contributed by atoms with van der Waals surface area (Å²) in [6, 6.07) is 28.4.